The molecule has 8 heteroatoms. The molecule has 0 atom stereocenters. The Balaban J connectivity index is 2.44. The Morgan fingerprint density at radius 2 is 1.83 bits per heavy atom. The second-order valence-electron chi connectivity index (χ2n) is 5.19. The topological polar surface area (TPSA) is 92.7 Å². The maximum Gasteiger partial charge on any atom is 0.337 e. The van der Waals surface area contributed by atoms with Gasteiger partial charge in [-0.15, -0.1) is 0 Å². The van der Waals surface area contributed by atoms with Crippen molar-refractivity contribution in [3.05, 3.63) is 52.0 Å². The molecule has 0 radical (unpaired) electrons. The van der Waals surface area contributed by atoms with E-state index in [1.165, 1.54) is 31.4 Å². The third-order valence-electron chi connectivity index (χ3n) is 3.43. The van der Waals surface area contributed by atoms with E-state index in [0.29, 0.717) is 16.9 Å². The van der Waals surface area contributed by atoms with Gasteiger partial charge in [-0.05, 0) is 55.3 Å². The summed E-state index contributed by atoms with van der Waals surface area (Å²) in [6, 6.07) is 7.04. The summed E-state index contributed by atoms with van der Waals surface area (Å²) in [7, 11) is -2.38. The highest BCUT2D eigenvalue weighted by Gasteiger charge is 2.20. The molecule has 0 aliphatic rings. The zero-order chi connectivity index (χ0) is 18.1. The van der Waals surface area contributed by atoms with Gasteiger partial charge in [0.25, 0.3) is 10.0 Å². The van der Waals surface area contributed by atoms with Crippen LogP contribution in [-0.2, 0) is 10.0 Å². The SMILES string of the molecule is COc1cc(C)c(S(=O)(=O)Nc2ccc(Cl)c(C(=O)O)c2)cc1C. The van der Waals surface area contributed by atoms with Crippen molar-refractivity contribution in [3.63, 3.8) is 0 Å². The van der Waals surface area contributed by atoms with Crippen LogP contribution in [0.3, 0.4) is 0 Å². The Bertz CT molecular complexity index is 909. The average Bonchev–Trinajstić information content (AvgIpc) is 2.50. The molecular formula is C16H16ClNO5S. The summed E-state index contributed by atoms with van der Waals surface area (Å²) >= 11 is 5.79. The average molecular weight is 370 g/mol. The zero-order valence-electron chi connectivity index (χ0n) is 13.3. The zero-order valence-corrected chi connectivity index (χ0v) is 14.8. The lowest BCUT2D eigenvalue weighted by Gasteiger charge is -2.14. The number of carboxylic acid groups (broad SMARTS) is 1. The van der Waals surface area contributed by atoms with E-state index < -0.39 is 16.0 Å². The lowest BCUT2D eigenvalue weighted by atomic mass is 10.1. The van der Waals surface area contributed by atoms with Crippen LogP contribution in [0.5, 0.6) is 5.75 Å². The van der Waals surface area contributed by atoms with Crippen LogP contribution in [-0.4, -0.2) is 26.6 Å². The Morgan fingerprint density at radius 3 is 2.42 bits per heavy atom. The van der Waals surface area contributed by atoms with Gasteiger partial charge >= 0.3 is 5.97 Å². The molecule has 2 N–H and O–H groups in total. The number of benzene rings is 2. The number of halogens is 1. The number of hydrogen-bond acceptors (Lipinski definition) is 4. The van der Waals surface area contributed by atoms with Gasteiger partial charge in [-0.25, -0.2) is 13.2 Å². The lowest BCUT2D eigenvalue weighted by Crippen LogP contribution is -2.15. The van der Waals surface area contributed by atoms with Gasteiger partial charge in [0, 0.05) is 5.69 Å². The van der Waals surface area contributed by atoms with Crippen molar-refractivity contribution in [3.8, 4) is 5.75 Å². The second kappa shape index (κ2) is 6.70. The number of aryl methyl sites for hydroxylation is 2. The third kappa shape index (κ3) is 3.63. The molecule has 0 aliphatic heterocycles. The first kappa shape index (κ1) is 18.1. The van der Waals surface area contributed by atoms with E-state index in [1.807, 2.05) is 0 Å². The highest BCUT2D eigenvalue weighted by molar-refractivity contribution is 7.92. The Hall–Kier alpha value is -2.25. The van der Waals surface area contributed by atoms with E-state index in [-0.39, 0.29) is 21.2 Å². The highest BCUT2D eigenvalue weighted by atomic mass is 35.5. The number of carbonyl (C=O) groups is 1. The van der Waals surface area contributed by atoms with E-state index >= 15 is 0 Å². The van der Waals surface area contributed by atoms with Crippen LogP contribution >= 0.6 is 11.6 Å². The summed E-state index contributed by atoms with van der Waals surface area (Å²) in [5, 5.41) is 9.10. The minimum absolute atomic E-state index is 0.0296. The van der Waals surface area contributed by atoms with Crippen LogP contribution in [0, 0.1) is 13.8 Å². The van der Waals surface area contributed by atoms with Crippen LogP contribution in [0.25, 0.3) is 0 Å². The molecule has 2 rings (SSSR count). The molecule has 2 aromatic carbocycles. The van der Waals surface area contributed by atoms with Gasteiger partial charge in [0.2, 0.25) is 0 Å². The lowest BCUT2D eigenvalue weighted by molar-refractivity contribution is 0.0697. The molecule has 0 amide bonds. The minimum atomic E-state index is -3.89. The van der Waals surface area contributed by atoms with Crippen LogP contribution in [0.15, 0.2) is 35.2 Å². The number of nitrogens with one attached hydrogen (secondary N) is 1. The molecule has 0 fully saturated rings. The Morgan fingerprint density at radius 1 is 1.17 bits per heavy atom. The molecule has 24 heavy (non-hydrogen) atoms. The summed E-state index contributed by atoms with van der Waals surface area (Å²) in [4.78, 5) is 11.2. The van der Waals surface area contributed by atoms with Crippen molar-refractivity contribution >= 4 is 33.3 Å². The fourth-order valence-corrected chi connectivity index (χ4v) is 3.80. The van der Waals surface area contributed by atoms with E-state index in [4.69, 9.17) is 21.4 Å². The second-order valence-corrected chi connectivity index (χ2v) is 7.25. The highest BCUT2D eigenvalue weighted by Crippen LogP contribution is 2.28. The number of rotatable bonds is 5. The monoisotopic (exact) mass is 369 g/mol. The predicted octanol–water partition coefficient (Wildman–Crippen LogP) is 3.46. The van der Waals surface area contributed by atoms with Gasteiger partial charge in [-0.1, -0.05) is 11.6 Å². The normalized spacial score (nSPS) is 11.2. The van der Waals surface area contributed by atoms with Crippen LogP contribution in [0.1, 0.15) is 21.5 Å². The van der Waals surface area contributed by atoms with Crippen molar-refractivity contribution in [2.24, 2.45) is 0 Å². The number of aromatic carboxylic acids is 1. The van der Waals surface area contributed by atoms with Gasteiger partial charge in [-0.2, -0.15) is 0 Å². The number of ether oxygens (including phenoxy) is 1. The van der Waals surface area contributed by atoms with Crippen molar-refractivity contribution < 1.29 is 23.1 Å². The molecule has 0 unspecified atom stereocenters. The summed E-state index contributed by atoms with van der Waals surface area (Å²) in [6.07, 6.45) is 0. The molecule has 0 saturated heterocycles. The maximum atomic E-state index is 12.6. The summed E-state index contributed by atoms with van der Waals surface area (Å²) in [6.45, 7) is 3.39. The molecule has 2 aromatic rings. The maximum absolute atomic E-state index is 12.6. The Kier molecular flexibility index (Phi) is 5.05. The molecule has 128 valence electrons. The number of sulfonamides is 1. The molecule has 0 bridgehead atoms. The van der Waals surface area contributed by atoms with Crippen molar-refractivity contribution in [2.45, 2.75) is 18.7 Å². The molecule has 0 saturated carbocycles. The van der Waals surface area contributed by atoms with Gasteiger partial charge in [0.05, 0.1) is 22.6 Å². The number of hydrogen-bond donors (Lipinski definition) is 2. The molecular weight excluding hydrogens is 354 g/mol. The fraction of sp³-hybridized carbons (Fsp3) is 0.188. The quantitative estimate of drug-likeness (QED) is 0.841. The molecule has 0 spiro atoms. The van der Waals surface area contributed by atoms with Crippen molar-refractivity contribution in [1.29, 1.82) is 0 Å². The fourth-order valence-electron chi connectivity index (χ4n) is 2.24. The van der Waals surface area contributed by atoms with Crippen molar-refractivity contribution in [2.75, 3.05) is 11.8 Å². The van der Waals surface area contributed by atoms with E-state index in [9.17, 15) is 13.2 Å². The number of methoxy groups -OCH3 is 1. The van der Waals surface area contributed by atoms with Gasteiger partial charge in [0.15, 0.2) is 0 Å². The van der Waals surface area contributed by atoms with E-state index in [1.54, 1.807) is 19.9 Å². The van der Waals surface area contributed by atoms with Crippen LogP contribution < -0.4 is 9.46 Å². The Labute approximate surface area is 145 Å². The van der Waals surface area contributed by atoms with Gasteiger partial charge in [-0.3, -0.25) is 4.72 Å². The summed E-state index contributed by atoms with van der Waals surface area (Å²) in [5.74, 6) is -0.649. The summed E-state index contributed by atoms with van der Waals surface area (Å²) in [5.41, 5.74) is 1.12. The molecule has 6 nitrogen and oxygen atoms in total. The smallest absolute Gasteiger partial charge is 0.337 e. The van der Waals surface area contributed by atoms with Gasteiger partial charge in [0.1, 0.15) is 5.75 Å². The molecule has 0 aliphatic carbocycles. The predicted molar refractivity (Wildman–Crippen MR) is 91.7 cm³/mol. The molecule has 0 heterocycles. The van der Waals surface area contributed by atoms with Crippen LogP contribution in [0.4, 0.5) is 5.69 Å². The first-order valence-corrected chi connectivity index (χ1v) is 8.72. The van der Waals surface area contributed by atoms with Crippen LogP contribution in [0.2, 0.25) is 5.02 Å². The first-order chi connectivity index (χ1) is 11.2. The largest absolute Gasteiger partial charge is 0.496 e. The summed E-state index contributed by atoms with van der Waals surface area (Å²) < 4.78 is 32.8. The molecule has 0 aromatic heterocycles. The van der Waals surface area contributed by atoms with E-state index in [0.717, 1.165) is 0 Å². The number of anilines is 1. The van der Waals surface area contributed by atoms with Crippen molar-refractivity contribution in [1.82, 2.24) is 0 Å². The first-order valence-electron chi connectivity index (χ1n) is 6.86. The standard InChI is InChI=1S/C16H16ClNO5S/c1-9-7-15(10(2)6-14(9)23-3)24(21,22)18-11-4-5-13(17)12(8-11)16(19)20/h4-8,18H,1-3H3,(H,19,20). The third-order valence-corrected chi connectivity index (χ3v) is 5.28. The minimum Gasteiger partial charge on any atom is -0.496 e. The van der Waals surface area contributed by atoms with Gasteiger partial charge < -0.3 is 9.84 Å². The number of carboxylic acids is 1. The van der Waals surface area contributed by atoms with E-state index in [2.05, 4.69) is 4.72 Å².